The lowest BCUT2D eigenvalue weighted by molar-refractivity contribution is 0.512. The van der Waals surface area contributed by atoms with Crippen molar-refractivity contribution in [3.8, 4) is 0 Å². The van der Waals surface area contributed by atoms with Gasteiger partial charge in [0, 0.05) is 11.6 Å². The van der Waals surface area contributed by atoms with Crippen LogP contribution in [0.4, 0.5) is 4.39 Å². The fourth-order valence-corrected chi connectivity index (χ4v) is 2.31. The number of rotatable bonds is 6. The Morgan fingerprint density at radius 2 is 2.21 bits per heavy atom. The molecule has 2 nitrogen and oxygen atoms in total. The van der Waals surface area contributed by atoms with Gasteiger partial charge in [0.15, 0.2) is 5.22 Å². The second-order valence-corrected chi connectivity index (χ2v) is 4.83. The molecule has 102 valence electrons. The summed E-state index contributed by atoms with van der Waals surface area (Å²) >= 11 is 6.03. The molecule has 19 heavy (non-hydrogen) atoms. The summed E-state index contributed by atoms with van der Waals surface area (Å²) in [5.41, 5.74) is 1.85. The van der Waals surface area contributed by atoms with E-state index in [1.807, 2.05) is 12.1 Å². The quantitative estimate of drug-likeness (QED) is 0.851. The van der Waals surface area contributed by atoms with Gasteiger partial charge in [0.1, 0.15) is 5.82 Å². The van der Waals surface area contributed by atoms with Gasteiger partial charge in [-0.1, -0.05) is 19.1 Å². The molecule has 1 aromatic heterocycles. The van der Waals surface area contributed by atoms with Gasteiger partial charge in [-0.05, 0) is 54.7 Å². The first-order valence-corrected chi connectivity index (χ1v) is 6.79. The monoisotopic (exact) mass is 281 g/mol. The summed E-state index contributed by atoms with van der Waals surface area (Å²) in [4.78, 5) is 0. The maximum atomic E-state index is 13.2. The van der Waals surface area contributed by atoms with Gasteiger partial charge in [-0.3, -0.25) is 0 Å². The minimum Gasteiger partial charge on any atom is -0.453 e. The largest absolute Gasteiger partial charge is 0.453 e. The van der Waals surface area contributed by atoms with Gasteiger partial charge in [-0.25, -0.2) is 4.39 Å². The van der Waals surface area contributed by atoms with Crippen molar-refractivity contribution in [2.45, 2.75) is 25.8 Å². The third kappa shape index (κ3) is 3.82. The van der Waals surface area contributed by atoms with Gasteiger partial charge in [0.25, 0.3) is 0 Å². The molecule has 2 aromatic rings. The van der Waals surface area contributed by atoms with Gasteiger partial charge in [0.2, 0.25) is 0 Å². The molecule has 1 atom stereocenters. The normalized spacial score (nSPS) is 12.6. The molecule has 0 amide bonds. The highest BCUT2D eigenvalue weighted by Gasteiger charge is 2.17. The molecule has 1 aromatic carbocycles. The van der Waals surface area contributed by atoms with Crippen molar-refractivity contribution in [1.82, 2.24) is 5.32 Å². The summed E-state index contributed by atoms with van der Waals surface area (Å²) in [6.07, 6.45) is 3.27. The Labute approximate surface area is 117 Å². The molecule has 0 saturated heterocycles. The first-order chi connectivity index (χ1) is 9.20. The summed E-state index contributed by atoms with van der Waals surface area (Å²) in [6, 6.07) is 8.52. The number of nitrogens with one attached hydrogen (secondary N) is 1. The minimum atomic E-state index is -0.218. The molecule has 0 saturated carbocycles. The number of hydrogen-bond donors (Lipinski definition) is 1. The summed E-state index contributed by atoms with van der Waals surface area (Å²) in [6.45, 7) is 2.98. The van der Waals surface area contributed by atoms with Crippen LogP contribution < -0.4 is 5.32 Å². The lowest BCUT2D eigenvalue weighted by atomic mass is 10.0. The highest BCUT2D eigenvalue weighted by Crippen LogP contribution is 2.27. The Hall–Kier alpha value is -1.32. The number of hydrogen-bond acceptors (Lipinski definition) is 2. The molecule has 1 heterocycles. The first-order valence-electron chi connectivity index (χ1n) is 6.41. The number of furan rings is 1. The summed E-state index contributed by atoms with van der Waals surface area (Å²) in [5.74, 6) is -0.218. The molecule has 1 N–H and O–H groups in total. The van der Waals surface area contributed by atoms with Crippen molar-refractivity contribution >= 4 is 11.6 Å². The zero-order valence-corrected chi connectivity index (χ0v) is 11.6. The topological polar surface area (TPSA) is 25.2 Å². The zero-order valence-electron chi connectivity index (χ0n) is 10.8. The van der Waals surface area contributed by atoms with Crippen molar-refractivity contribution in [1.29, 1.82) is 0 Å². The summed E-state index contributed by atoms with van der Waals surface area (Å²) in [5, 5.41) is 3.81. The van der Waals surface area contributed by atoms with Crippen molar-refractivity contribution in [2.75, 3.05) is 6.54 Å². The van der Waals surface area contributed by atoms with Crippen LogP contribution in [0.25, 0.3) is 0 Å². The number of halogens is 2. The first kappa shape index (κ1) is 14.1. The third-order valence-corrected chi connectivity index (χ3v) is 3.30. The van der Waals surface area contributed by atoms with Crippen molar-refractivity contribution in [3.63, 3.8) is 0 Å². The molecule has 0 bridgehead atoms. The Kier molecular flexibility index (Phi) is 5.00. The molecule has 1 unspecified atom stereocenters. The van der Waals surface area contributed by atoms with Crippen molar-refractivity contribution in [2.24, 2.45) is 0 Å². The van der Waals surface area contributed by atoms with Crippen molar-refractivity contribution < 1.29 is 8.81 Å². The maximum Gasteiger partial charge on any atom is 0.197 e. The minimum absolute atomic E-state index is 0.0352. The molecule has 4 heteroatoms. The molecule has 0 radical (unpaired) electrons. The van der Waals surface area contributed by atoms with Crippen LogP contribution in [0.5, 0.6) is 0 Å². The van der Waals surface area contributed by atoms with E-state index in [9.17, 15) is 4.39 Å². The fourth-order valence-electron chi connectivity index (χ4n) is 2.06. The molecule has 0 fully saturated rings. The Bertz CT molecular complexity index is 526. The highest BCUT2D eigenvalue weighted by atomic mass is 35.5. The Morgan fingerprint density at radius 3 is 2.84 bits per heavy atom. The van der Waals surface area contributed by atoms with Crippen LogP contribution in [0.2, 0.25) is 5.22 Å². The van der Waals surface area contributed by atoms with Gasteiger partial charge in [-0.2, -0.15) is 0 Å². The van der Waals surface area contributed by atoms with Gasteiger partial charge >= 0.3 is 0 Å². The smallest absolute Gasteiger partial charge is 0.197 e. The van der Waals surface area contributed by atoms with Crippen LogP contribution in [-0.4, -0.2) is 6.54 Å². The molecule has 2 rings (SSSR count). The predicted molar refractivity (Wildman–Crippen MR) is 74.9 cm³/mol. The fraction of sp³-hybridized carbons (Fsp3) is 0.333. The average molecular weight is 282 g/mol. The number of benzene rings is 1. The summed E-state index contributed by atoms with van der Waals surface area (Å²) in [7, 11) is 0. The van der Waals surface area contributed by atoms with Crippen LogP contribution >= 0.6 is 11.6 Å². The third-order valence-electron chi connectivity index (χ3n) is 2.99. The van der Waals surface area contributed by atoms with Crippen molar-refractivity contribution in [3.05, 3.63) is 58.8 Å². The molecular formula is C15H17ClFNO. The molecule has 0 aliphatic carbocycles. The maximum absolute atomic E-state index is 13.2. The van der Waals surface area contributed by atoms with Crippen LogP contribution in [0.3, 0.4) is 0 Å². The lowest BCUT2D eigenvalue weighted by Gasteiger charge is -2.17. The van der Waals surface area contributed by atoms with Crippen LogP contribution in [-0.2, 0) is 6.42 Å². The van der Waals surface area contributed by atoms with E-state index in [0.29, 0.717) is 11.6 Å². The van der Waals surface area contributed by atoms with E-state index in [4.69, 9.17) is 16.0 Å². The molecule has 0 aliphatic rings. The Balaban J connectivity index is 2.16. The molecule has 0 aliphatic heterocycles. The molecule has 0 spiro atoms. The average Bonchev–Trinajstić information content (AvgIpc) is 2.81. The van der Waals surface area contributed by atoms with E-state index >= 15 is 0 Å². The lowest BCUT2D eigenvalue weighted by Crippen LogP contribution is -2.24. The Morgan fingerprint density at radius 1 is 1.37 bits per heavy atom. The van der Waals surface area contributed by atoms with E-state index in [2.05, 4.69) is 12.2 Å². The van der Waals surface area contributed by atoms with E-state index < -0.39 is 0 Å². The van der Waals surface area contributed by atoms with Gasteiger partial charge < -0.3 is 9.73 Å². The highest BCUT2D eigenvalue weighted by molar-refractivity contribution is 6.29. The van der Waals surface area contributed by atoms with E-state index in [-0.39, 0.29) is 11.9 Å². The second kappa shape index (κ2) is 6.73. The van der Waals surface area contributed by atoms with Crippen LogP contribution in [0, 0.1) is 5.82 Å². The summed E-state index contributed by atoms with van der Waals surface area (Å²) < 4.78 is 18.4. The zero-order chi connectivity index (χ0) is 13.7. The SMILES string of the molecule is CCCNC(Cc1cccc(F)c1)c1ccoc1Cl. The van der Waals surface area contributed by atoms with Crippen LogP contribution in [0.1, 0.15) is 30.5 Å². The van der Waals surface area contributed by atoms with Crippen LogP contribution in [0.15, 0.2) is 41.0 Å². The second-order valence-electron chi connectivity index (χ2n) is 4.49. The van der Waals surface area contributed by atoms with E-state index in [1.165, 1.54) is 6.07 Å². The van der Waals surface area contributed by atoms with E-state index in [1.54, 1.807) is 18.4 Å². The van der Waals surface area contributed by atoms with Gasteiger partial charge in [0.05, 0.1) is 6.26 Å². The standard InChI is InChI=1S/C15H17ClFNO/c1-2-7-18-14(13-6-8-19-15(13)16)10-11-4-3-5-12(17)9-11/h3-6,8-9,14,18H,2,7,10H2,1H3. The van der Waals surface area contributed by atoms with E-state index in [0.717, 1.165) is 24.1 Å². The predicted octanol–water partition coefficient (Wildman–Crippen LogP) is 4.36. The molecular weight excluding hydrogens is 265 g/mol. The van der Waals surface area contributed by atoms with Gasteiger partial charge in [-0.15, -0.1) is 0 Å².